The molecule has 3 rings (SSSR count). The van der Waals surface area contributed by atoms with E-state index in [4.69, 9.17) is 4.74 Å². The molecule has 23 heavy (non-hydrogen) atoms. The summed E-state index contributed by atoms with van der Waals surface area (Å²) < 4.78 is 5.78. The van der Waals surface area contributed by atoms with Gasteiger partial charge < -0.3 is 10.1 Å². The van der Waals surface area contributed by atoms with Crippen molar-refractivity contribution in [2.75, 3.05) is 13.7 Å². The summed E-state index contributed by atoms with van der Waals surface area (Å²) in [6, 6.07) is 7.62. The largest absolute Gasteiger partial charge is 0.376 e. The van der Waals surface area contributed by atoms with Crippen molar-refractivity contribution in [3.63, 3.8) is 0 Å². The molecular formula is C19H24N2O2. The molecule has 1 N–H and O–H groups in total. The number of fused-ring (bicyclic) bond motifs is 1. The summed E-state index contributed by atoms with van der Waals surface area (Å²) in [7, 11) is 1.76. The first kappa shape index (κ1) is 15.9. The van der Waals surface area contributed by atoms with Crippen molar-refractivity contribution in [1.82, 2.24) is 10.3 Å². The normalized spacial score (nSPS) is 24.5. The SMILES string of the molecule is COC1(CNC(=O)c2cccc3cnccc23)CCC(C)CC1. The van der Waals surface area contributed by atoms with Gasteiger partial charge in [0.1, 0.15) is 0 Å². The minimum Gasteiger partial charge on any atom is -0.376 e. The molecule has 4 nitrogen and oxygen atoms in total. The van der Waals surface area contributed by atoms with Crippen molar-refractivity contribution in [3.05, 3.63) is 42.2 Å². The van der Waals surface area contributed by atoms with Crippen LogP contribution in [0.2, 0.25) is 0 Å². The number of carbonyl (C=O) groups is 1. The third kappa shape index (κ3) is 3.37. The summed E-state index contributed by atoms with van der Waals surface area (Å²) in [5, 5.41) is 5.00. The lowest BCUT2D eigenvalue weighted by molar-refractivity contribution is -0.0446. The molecule has 0 radical (unpaired) electrons. The van der Waals surface area contributed by atoms with Crippen LogP contribution in [0.3, 0.4) is 0 Å². The van der Waals surface area contributed by atoms with Crippen LogP contribution < -0.4 is 5.32 Å². The number of hydrogen-bond acceptors (Lipinski definition) is 3. The maximum Gasteiger partial charge on any atom is 0.252 e. The molecule has 0 atom stereocenters. The number of nitrogens with zero attached hydrogens (tertiary/aromatic N) is 1. The molecule has 0 spiro atoms. The highest BCUT2D eigenvalue weighted by Crippen LogP contribution is 2.34. The van der Waals surface area contributed by atoms with E-state index in [2.05, 4.69) is 17.2 Å². The van der Waals surface area contributed by atoms with Crippen molar-refractivity contribution in [3.8, 4) is 0 Å². The lowest BCUT2D eigenvalue weighted by Crippen LogP contribution is -2.46. The Morgan fingerprint density at radius 3 is 2.87 bits per heavy atom. The Morgan fingerprint density at radius 2 is 2.13 bits per heavy atom. The van der Waals surface area contributed by atoms with Crippen LogP contribution in [-0.4, -0.2) is 30.1 Å². The number of ether oxygens (including phenoxy) is 1. The van der Waals surface area contributed by atoms with Gasteiger partial charge in [0.05, 0.1) is 5.60 Å². The number of benzene rings is 1. The number of amides is 1. The Labute approximate surface area is 137 Å². The topological polar surface area (TPSA) is 51.2 Å². The number of pyridine rings is 1. The Kier molecular flexibility index (Phi) is 4.62. The summed E-state index contributed by atoms with van der Waals surface area (Å²) in [6.07, 6.45) is 7.83. The summed E-state index contributed by atoms with van der Waals surface area (Å²) in [5.74, 6) is 0.705. The molecule has 2 aromatic rings. The zero-order valence-corrected chi connectivity index (χ0v) is 13.8. The van der Waals surface area contributed by atoms with Gasteiger partial charge in [-0.05, 0) is 49.1 Å². The first-order valence-corrected chi connectivity index (χ1v) is 8.30. The van der Waals surface area contributed by atoms with Crippen LogP contribution in [0.4, 0.5) is 0 Å². The van der Waals surface area contributed by atoms with Crippen LogP contribution in [0.1, 0.15) is 43.0 Å². The number of carbonyl (C=O) groups excluding carboxylic acids is 1. The van der Waals surface area contributed by atoms with Gasteiger partial charge in [-0.3, -0.25) is 9.78 Å². The average Bonchev–Trinajstić information content (AvgIpc) is 2.61. The molecule has 0 aliphatic heterocycles. The molecule has 4 heteroatoms. The highest BCUT2D eigenvalue weighted by Gasteiger charge is 2.34. The van der Waals surface area contributed by atoms with Gasteiger partial charge in [0.2, 0.25) is 0 Å². The van der Waals surface area contributed by atoms with Gasteiger partial charge >= 0.3 is 0 Å². The average molecular weight is 312 g/mol. The van der Waals surface area contributed by atoms with E-state index in [0.717, 1.165) is 42.4 Å². The van der Waals surface area contributed by atoms with Crippen molar-refractivity contribution >= 4 is 16.7 Å². The molecule has 1 aromatic carbocycles. The molecule has 1 fully saturated rings. The number of hydrogen-bond donors (Lipinski definition) is 1. The van der Waals surface area contributed by atoms with E-state index in [9.17, 15) is 4.79 Å². The van der Waals surface area contributed by atoms with E-state index in [1.807, 2.05) is 24.3 Å². The third-order valence-electron chi connectivity index (χ3n) is 5.11. The van der Waals surface area contributed by atoms with Crippen LogP contribution in [0, 0.1) is 5.92 Å². The van der Waals surface area contributed by atoms with E-state index < -0.39 is 0 Å². The van der Waals surface area contributed by atoms with Crippen molar-refractivity contribution in [2.45, 2.75) is 38.2 Å². The number of methoxy groups -OCH3 is 1. The highest BCUT2D eigenvalue weighted by molar-refractivity contribution is 6.06. The summed E-state index contributed by atoms with van der Waals surface area (Å²) in [5.41, 5.74) is 0.481. The Hall–Kier alpha value is -1.94. The van der Waals surface area contributed by atoms with Crippen molar-refractivity contribution < 1.29 is 9.53 Å². The zero-order valence-electron chi connectivity index (χ0n) is 13.8. The van der Waals surface area contributed by atoms with Crippen molar-refractivity contribution in [2.24, 2.45) is 5.92 Å². The predicted octanol–water partition coefficient (Wildman–Crippen LogP) is 3.56. The number of nitrogens with one attached hydrogen (secondary N) is 1. The van der Waals surface area contributed by atoms with Gasteiger partial charge in [0.15, 0.2) is 0 Å². The molecule has 122 valence electrons. The Balaban J connectivity index is 1.73. The lowest BCUT2D eigenvalue weighted by Gasteiger charge is -2.38. The Morgan fingerprint density at radius 1 is 1.35 bits per heavy atom. The molecule has 0 unspecified atom stereocenters. The molecule has 1 aliphatic carbocycles. The standard InChI is InChI=1S/C19H24N2O2/c1-14-6-9-19(23-2,10-7-14)13-21-18(22)17-5-3-4-15-12-20-11-8-16(15)17/h3-5,8,11-12,14H,6-7,9-10,13H2,1-2H3,(H,21,22). The third-order valence-corrected chi connectivity index (χ3v) is 5.11. The van der Waals surface area contributed by atoms with Gasteiger partial charge in [-0.25, -0.2) is 0 Å². The minimum atomic E-state index is -0.214. The van der Waals surface area contributed by atoms with E-state index in [1.54, 1.807) is 19.5 Å². The monoisotopic (exact) mass is 312 g/mol. The molecule has 0 bridgehead atoms. The van der Waals surface area contributed by atoms with Gasteiger partial charge in [-0.15, -0.1) is 0 Å². The second kappa shape index (κ2) is 6.67. The van der Waals surface area contributed by atoms with Crippen LogP contribution in [0.15, 0.2) is 36.7 Å². The van der Waals surface area contributed by atoms with Crippen LogP contribution in [0.5, 0.6) is 0 Å². The first-order chi connectivity index (χ1) is 11.1. The Bertz CT molecular complexity index is 685. The minimum absolute atomic E-state index is 0.0446. The van der Waals surface area contributed by atoms with Crippen LogP contribution in [-0.2, 0) is 4.74 Å². The summed E-state index contributed by atoms with van der Waals surface area (Å²) in [4.78, 5) is 16.7. The predicted molar refractivity (Wildman–Crippen MR) is 91.4 cm³/mol. The fourth-order valence-corrected chi connectivity index (χ4v) is 3.40. The number of aromatic nitrogens is 1. The van der Waals surface area contributed by atoms with Crippen LogP contribution in [0.25, 0.3) is 10.8 Å². The van der Waals surface area contributed by atoms with Gasteiger partial charge in [-0.1, -0.05) is 19.1 Å². The smallest absolute Gasteiger partial charge is 0.252 e. The molecule has 1 heterocycles. The molecule has 0 saturated heterocycles. The maximum absolute atomic E-state index is 12.6. The second-order valence-corrected chi connectivity index (χ2v) is 6.65. The number of rotatable bonds is 4. The fourth-order valence-electron chi connectivity index (χ4n) is 3.40. The first-order valence-electron chi connectivity index (χ1n) is 8.30. The van der Waals surface area contributed by atoms with Gasteiger partial charge in [-0.2, -0.15) is 0 Å². The fraction of sp³-hybridized carbons (Fsp3) is 0.474. The van der Waals surface area contributed by atoms with E-state index >= 15 is 0 Å². The van der Waals surface area contributed by atoms with Gasteiger partial charge in [0, 0.05) is 37.0 Å². The molecule has 1 amide bonds. The summed E-state index contributed by atoms with van der Waals surface area (Å²) >= 11 is 0. The van der Waals surface area contributed by atoms with Gasteiger partial charge in [0.25, 0.3) is 5.91 Å². The molecule has 1 saturated carbocycles. The maximum atomic E-state index is 12.6. The molecule has 1 aromatic heterocycles. The van der Waals surface area contributed by atoms with E-state index in [0.29, 0.717) is 12.1 Å². The lowest BCUT2D eigenvalue weighted by atomic mass is 9.79. The molecule has 1 aliphatic rings. The second-order valence-electron chi connectivity index (χ2n) is 6.65. The molecular weight excluding hydrogens is 288 g/mol. The zero-order chi connectivity index (χ0) is 16.3. The highest BCUT2D eigenvalue weighted by atomic mass is 16.5. The van der Waals surface area contributed by atoms with E-state index in [-0.39, 0.29) is 11.5 Å². The van der Waals surface area contributed by atoms with Crippen molar-refractivity contribution in [1.29, 1.82) is 0 Å². The summed E-state index contributed by atoms with van der Waals surface area (Å²) in [6.45, 7) is 2.85. The van der Waals surface area contributed by atoms with Crippen LogP contribution >= 0.6 is 0 Å². The quantitative estimate of drug-likeness (QED) is 0.939. The van der Waals surface area contributed by atoms with E-state index in [1.165, 1.54) is 0 Å².